The van der Waals surface area contributed by atoms with Crippen molar-refractivity contribution in [2.24, 2.45) is 5.92 Å². The lowest BCUT2D eigenvalue weighted by molar-refractivity contribution is -0.121. The summed E-state index contributed by atoms with van der Waals surface area (Å²) in [5.74, 6) is -1.95. The van der Waals surface area contributed by atoms with Crippen molar-refractivity contribution in [1.82, 2.24) is 10.3 Å². The molecule has 0 saturated heterocycles. The number of halogens is 3. The number of fused-ring (bicyclic) bond motifs is 1. The van der Waals surface area contributed by atoms with Gasteiger partial charge in [0.2, 0.25) is 5.91 Å². The number of aromatic nitrogens is 1. The number of amides is 1. The fourth-order valence-electron chi connectivity index (χ4n) is 3.26. The summed E-state index contributed by atoms with van der Waals surface area (Å²) < 4.78 is 41.4. The highest BCUT2D eigenvalue weighted by Gasteiger charge is 2.17. The van der Waals surface area contributed by atoms with Crippen LogP contribution in [0.5, 0.6) is 0 Å². The molecule has 3 rings (SSSR count). The Balaban J connectivity index is 1.84. The highest BCUT2D eigenvalue weighted by atomic mass is 19.1. The fourth-order valence-corrected chi connectivity index (χ4v) is 3.26. The normalized spacial score (nSPS) is 12.3. The molecule has 4 nitrogen and oxygen atoms in total. The number of hydrogen-bond donors (Lipinski definition) is 3. The second-order valence-electron chi connectivity index (χ2n) is 7.24. The van der Waals surface area contributed by atoms with E-state index >= 15 is 0 Å². The predicted octanol–water partition coefficient (Wildman–Crippen LogP) is 4.32. The number of nitrogens with one attached hydrogen (secondary N) is 2. The number of aliphatic hydroxyl groups excluding tert-OH is 1. The van der Waals surface area contributed by atoms with Crippen LogP contribution < -0.4 is 5.32 Å². The van der Waals surface area contributed by atoms with Gasteiger partial charge in [-0.3, -0.25) is 4.79 Å². The molecule has 1 aromatic heterocycles. The maximum atomic E-state index is 14.3. The van der Waals surface area contributed by atoms with E-state index in [2.05, 4.69) is 10.3 Å². The summed E-state index contributed by atoms with van der Waals surface area (Å²) in [7, 11) is 0. The highest BCUT2D eigenvalue weighted by molar-refractivity contribution is 5.91. The van der Waals surface area contributed by atoms with Crippen molar-refractivity contribution in [3.63, 3.8) is 0 Å². The zero-order valence-corrected chi connectivity index (χ0v) is 16.1. The second kappa shape index (κ2) is 9.13. The van der Waals surface area contributed by atoms with Gasteiger partial charge in [0.1, 0.15) is 17.5 Å². The molecular weight excluding hydrogens is 381 g/mol. The smallest absolute Gasteiger partial charge is 0.220 e. The van der Waals surface area contributed by atoms with Crippen molar-refractivity contribution in [2.75, 3.05) is 13.2 Å². The standard InChI is InChI=1S/C22H23F3N2O2/c1-13(12-28)11-26-20(29)4-2-3-17-18-9-16(24)10-19(25)22(18)27-21(17)14-5-7-15(23)8-6-14/h5-10,13,27-28H,2-4,11-12H2,1H3,(H,26,29). The van der Waals surface area contributed by atoms with Gasteiger partial charge in [-0.15, -0.1) is 0 Å². The van der Waals surface area contributed by atoms with Crippen molar-refractivity contribution in [3.05, 3.63) is 59.4 Å². The molecule has 0 bridgehead atoms. The number of H-pyrrole nitrogens is 1. The first-order chi connectivity index (χ1) is 13.9. The Labute approximate surface area is 166 Å². The number of rotatable bonds is 8. The van der Waals surface area contributed by atoms with Crippen LogP contribution in [-0.2, 0) is 11.2 Å². The van der Waals surface area contributed by atoms with Gasteiger partial charge in [-0.05, 0) is 60.2 Å². The number of benzene rings is 2. The molecule has 29 heavy (non-hydrogen) atoms. The number of hydrogen-bond acceptors (Lipinski definition) is 2. The first-order valence-corrected chi connectivity index (χ1v) is 9.52. The summed E-state index contributed by atoms with van der Waals surface area (Å²) in [5, 5.41) is 12.2. The second-order valence-corrected chi connectivity index (χ2v) is 7.24. The van der Waals surface area contributed by atoms with E-state index < -0.39 is 17.5 Å². The number of aryl methyl sites for hydroxylation is 1. The van der Waals surface area contributed by atoms with Gasteiger partial charge >= 0.3 is 0 Å². The molecule has 1 unspecified atom stereocenters. The van der Waals surface area contributed by atoms with Gasteiger partial charge < -0.3 is 15.4 Å². The Morgan fingerprint density at radius 3 is 2.55 bits per heavy atom. The van der Waals surface area contributed by atoms with Crippen molar-refractivity contribution in [3.8, 4) is 11.3 Å². The molecule has 3 aromatic rings. The van der Waals surface area contributed by atoms with E-state index in [1.807, 2.05) is 6.92 Å². The van der Waals surface area contributed by atoms with Gasteiger partial charge in [-0.2, -0.15) is 0 Å². The summed E-state index contributed by atoms with van der Waals surface area (Å²) in [5.41, 5.74) is 2.10. The molecule has 1 atom stereocenters. The van der Waals surface area contributed by atoms with Crippen LogP contribution in [0.1, 0.15) is 25.3 Å². The minimum absolute atomic E-state index is 0.00617. The van der Waals surface area contributed by atoms with E-state index in [0.29, 0.717) is 41.6 Å². The third-order valence-corrected chi connectivity index (χ3v) is 4.85. The number of aliphatic hydroxyl groups is 1. The SMILES string of the molecule is CC(CO)CNC(=O)CCCc1c(-c2ccc(F)cc2)[nH]c2c(F)cc(F)cc12. The van der Waals surface area contributed by atoms with Crippen LogP contribution in [0.15, 0.2) is 36.4 Å². The monoisotopic (exact) mass is 404 g/mol. The Kier molecular flexibility index (Phi) is 6.59. The molecule has 0 aliphatic rings. The van der Waals surface area contributed by atoms with Gasteiger partial charge in [-0.1, -0.05) is 6.92 Å². The lowest BCUT2D eigenvalue weighted by Gasteiger charge is -2.10. The molecule has 7 heteroatoms. The molecule has 3 N–H and O–H groups in total. The quantitative estimate of drug-likeness (QED) is 0.524. The van der Waals surface area contributed by atoms with Crippen LogP contribution in [-0.4, -0.2) is 29.1 Å². The topological polar surface area (TPSA) is 65.1 Å². The molecule has 0 fully saturated rings. The van der Waals surface area contributed by atoms with Crippen molar-refractivity contribution in [1.29, 1.82) is 0 Å². The average molecular weight is 404 g/mol. The highest BCUT2D eigenvalue weighted by Crippen LogP contribution is 2.33. The van der Waals surface area contributed by atoms with E-state index in [-0.39, 0.29) is 30.4 Å². The molecular formula is C22H23F3N2O2. The van der Waals surface area contributed by atoms with E-state index in [4.69, 9.17) is 5.11 Å². The third kappa shape index (κ3) is 4.98. The van der Waals surface area contributed by atoms with Crippen molar-refractivity contribution in [2.45, 2.75) is 26.2 Å². The van der Waals surface area contributed by atoms with Gasteiger partial charge in [0, 0.05) is 36.7 Å². The van der Waals surface area contributed by atoms with Crippen LogP contribution in [0.25, 0.3) is 22.2 Å². The van der Waals surface area contributed by atoms with E-state index in [0.717, 1.165) is 6.07 Å². The van der Waals surface area contributed by atoms with Crippen LogP contribution >= 0.6 is 0 Å². The van der Waals surface area contributed by atoms with E-state index in [1.54, 1.807) is 12.1 Å². The Morgan fingerprint density at radius 1 is 1.14 bits per heavy atom. The molecule has 0 spiro atoms. The summed E-state index contributed by atoms with van der Waals surface area (Å²) in [4.78, 5) is 15.0. The van der Waals surface area contributed by atoms with Gasteiger partial charge in [0.05, 0.1) is 5.52 Å². The van der Waals surface area contributed by atoms with Gasteiger partial charge in [-0.25, -0.2) is 13.2 Å². The van der Waals surface area contributed by atoms with E-state index in [1.165, 1.54) is 18.2 Å². The van der Waals surface area contributed by atoms with E-state index in [9.17, 15) is 18.0 Å². The lowest BCUT2D eigenvalue weighted by atomic mass is 10.00. The number of carbonyl (C=O) groups excluding carboxylic acids is 1. The minimum atomic E-state index is -0.703. The van der Waals surface area contributed by atoms with Crippen LogP contribution in [0.4, 0.5) is 13.2 Å². The van der Waals surface area contributed by atoms with Crippen molar-refractivity contribution < 1.29 is 23.1 Å². The van der Waals surface area contributed by atoms with Gasteiger partial charge in [0.15, 0.2) is 0 Å². The lowest BCUT2D eigenvalue weighted by Crippen LogP contribution is -2.29. The van der Waals surface area contributed by atoms with Crippen LogP contribution in [0.2, 0.25) is 0 Å². The molecule has 0 aliphatic carbocycles. The zero-order valence-electron chi connectivity index (χ0n) is 16.1. The maximum absolute atomic E-state index is 14.3. The zero-order chi connectivity index (χ0) is 21.0. The molecule has 154 valence electrons. The first-order valence-electron chi connectivity index (χ1n) is 9.52. The number of carbonyl (C=O) groups is 1. The Bertz CT molecular complexity index is 999. The Hall–Kier alpha value is -2.80. The summed E-state index contributed by atoms with van der Waals surface area (Å²) in [6.07, 6.45) is 1.13. The summed E-state index contributed by atoms with van der Waals surface area (Å²) in [6, 6.07) is 7.82. The van der Waals surface area contributed by atoms with Crippen LogP contribution in [0, 0.1) is 23.4 Å². The third-order valence-electron chi connectivity index (χ3n) is 4.85. The average Bonchev–Trinajstić information content (AvgIpc) is 3.05. The molecule has 0 aliphatic heterocycles. The van der Waals surface area contributed by atoms with Crippen molar-refractivity contribution >= 4 is 16.8 Å². The molecule has 1 heterocycles. The minimum Gasteiger partial charge on any atom is -0.396 e. The summed E-state index contributed by atoms with van der Waals surface area (Å²) in [6.45, 7) is 2.21. The molecule has 0 radical (unpaired) electrons. The Morgan fingerprint density at radius 2 is 1.86 bits per heavy atom. The fraction of sp³-hybridized carbons (Fsp3) is 0.318. The van der Waals surface area contributed by atoms with Crippen LogP contribution in [0.3, 0.4) is 0 Å². The maximum Gasteiger partial charge on any atom is 0.220 e. The molecule has 0 saturated carbocycles. The predicted molar refractivity (Wildman–Crippen MR) is 106 cm³/mol. The molecule has 2 aromatic carbocycles. The number of aromatic amines is 1. The molecule has 1 amide bonds. The van der Waals surface area contributed by atoms with Gasteiger partial charge in [0.25, 0.3) is 0 Å². The first kappa shape index (κ1) is 20.9. The summed E-state index contributed by atoms with van der Waals surface area (Å²) >= 11 is 0. The largest absolute Gasteiger partial charge is 0.396 e.